The van der Waals surface area contributed by atoms with Crippen molar-refractivity contribution in [3.63, 3.8) is 0 Å². The van der Waals surface area contributed by atoms with Crippen LogP contribution < -0.4 is 0 Å². The lowest BCUT2D eigenvalue weighted by atomic mass is 9.66. The molecule has 1 saturated carbocycles. The summed E-state index contributed by atoms with van der Waals surface area (Å²) >= 11 is 0. The molecule has 23 heavy (non-hydrogen) atoms. The minimum atomic E-state index is -1.04. The number of likely N-dealkylation sites (tertiary alicyclic amines) is 1. The van der Waals surface area contributed by atoms with Crippen LogP contribution in [0.5, 0.6) is 0 Å². The lowest BCUT2D eigenvalue weighted by Gasteiger charge is -2.41. The zero-order chi connectivity index (χ0) is 17.0. The fraction of sp³-hybridized carbons (Fsp3) is 0.824. The Kier molecular flexibility index (Phi) is 3.50. The van der Waals surface area contributed by atoms with E-state index in [9.17, 15) is 14.4 Å². The lowest BCUT2D eigenvalue weighted by Crippen LogP contribution is -2.56. The van der Waals surface area contributed by atoms with Gasteiger partial charge >= 0.3 is 11.9 Å². The molecule has 128 valence electrons. The van der Waals surface area contributed by atoms with E-state index < -0.39 is 16.4 Å². The summed E-state index contributed by atoms with van der Waals surface area (Å²) in [6.07, 6.45) is 2.46. The average molecular weight is 323 g/mol. The molecule has 0 unspecified atom stereocenters. The minimum Gasteiger partial charge on any atom is -0.469 e. The van der Waals surface area contributed by atoms with Crippen molar-refractivity contribution >= 4 is 17.8 Å². The number of fused-ring (bicyclic) bond motifs is 2. The van der Waals surface area contributed by atoms with Gasteiger partial charge in [-0.1, -0.05) is 13.8 Å². The fourth-order valence-electron chi connectivity index (χ4n) is 4.46. The van der Waals surface area contributed by atoms with Gasteiger partial charge in [0.05, 0.1) is 18.4 Å². The van der Waals surface area contributed by atoms with Crippen molar-refractivity contribution in [3.8, 4) is 0 Å². The molecule has 3 fully saturated rings. The van der Waals surface area contributed by atoms with E-state index in [4.69, 9.17) is 9.47 Å². The molecule has 0 spiro atoms. The Morgan fingerprint density at radius 2 is 1.78 bits per heavy atom. The Bertz CT molecular complexity index is 563. The average Bonchev–Trinajstić information content (AvgIpc) is 2.84. The topological polar surface area (TPSA) is 72.9 Å². The van der Waals surface area contributed by atoms with E-state index in [-0.39, 0.29) is 23.8 Å². The van der Waals surface area contributed by atoms with E-state index in [1.54, 1.807) is 4.90 Å². The Morgan fingerprint density at radius 3 is 2.22 bits per heavy atom. The zero-order valence-electron chi connectivity index (χ0n) is 14.3. The molecule has 2 atom stereocenters. The Hall–Kier alpha value is -1.59. The number of amides is 1. The van der Waals surface area contributed by atoms with Gasteiger partial charge < -0.3 is 14.4 Å². The number of ether oxygens (including phenoxy) is 2. The number of nitrogens with zero attached hydrogens (tertiary/aromatic N) is 1. The molecular weight excluding hydrogens is 298 g/mol. The maximum atomic E-state index is 13.2. The minimum absolute atomic E-state index is 0.0969. The number of hydrogen-bond donors (Lipinski definition) is 0. The molecule has 1 amide bonds. The van der Waals surface area contributed by atoms with Gasteiger partial charge in [0.15, 0.2) is 5.60 Å². The number of carbonyl (C=O) groups excluding carboxylic acids is 3. The third kappa shape index (κ3) is 1.90. The Morgan fingerprint density at radius 1 is 1.17 bits per heavy atom. The second kappa shape index (κ2) is 4.95. The van der Waals surface area contributed by atoms with Gasteiger partial charge in [0.25, 0.3) is 5.91 Å². The van der Waals surface area contributed by atoms with Crippen LogP contribution in [0.4, 0.5) is 0 Å². The van der Waals surface area contributed by atoms with Crippen LogP contribution in [0.2, 0.25) is 0 Å². The van der Waals surface area contributed by atoms with E-state index in [1.165, 1.54) is 7.11 Å². The number of rotatable bonds is 2. The van der Waals surface area contributed by atoms with Gasteiger partial charge in [0.1, 0.15) is 0 Å². The largest absolute Gasteiger partial charge is 0.469 e. The van der Waals surface area contributed by atoms with Gasteiger partial charge in [-0.3, -0.25) is 14.4 Å². The van der Waals surface area contributed by atoms with E-state index >= 15 is 0 Å². The summed E-state index contributed by atoms with van der Waals surface area (Å²) in [5.74, 6) is -0.710. The molecule has 0 aromatic heterocycles. The van der Waals surface area contributed by atoms with Gasteiger partial charge in [-0.15, -0.1) is 0 Å². The Balaban J connectivity index is 1.77. The first-order valence-corrected chi connectivity index (χ1v) is 8.30. The number of piperidine rings is 1. The predicted molar refractivity (Wildman–Crippen MR) is 81.3 cm³/mol. The molecule has 3 aliphatic rings. The van der Waals surface area contributed by atoms with Crippen molar-refractivity contribution < 1.29 is 23.9 Å². The quantitative estimate of drug-likeness (QED) is 0.720. The molecule has 2 aliphatic heterocycles. The maximum Gasteiger partial charge on any atom is 0.313 e. The predicted octanol–water partition coefficient (Wildman–Crippen LogP) is 1.52. The van der Waals surface area contributed by atoms with Crippen LogP contribution in [0, 0.1) is 16.7 Å². The monoisotopic (exact) mass is 323 g/mol. The summed E-state index contributed by atoms with van der Waals surface area (Å²) in [4.78, 5) is 38.8. The van der Waals surface area contributed by atoms with E-state index in [1.807, 2.05) is 20.8 Å². The molecule has 0 aromatic rings. The van der Waals surface area contributed by atoms with E-state index in [2.05, 4.69) is 0 Å². The molecule has 3 rings (SSSR count). The molecule has 0 radical (unpaired) electrons. The zero-order valence-corrected chi connectivity index (χ0v) is 14.3. The highest BCUT2D eigenvalue weighted by Gasteiger charge is 2.76. The van der Waals surface area contributed by atoms with Gasteiger partial charge in [0.2, 0.25) is 0 Å². The first-order valence-electron chi connectivity index (χ1n) is 8.30. The number of carbonyl (C=O) groups is 3. The number of esters is 2. The second-order valence-electron chi connectivity index (χ2n) is 7.76. The second-order valence-corrected chi connectivity index (χ2v) is 7.76. The molecular formula is C17H25NO5. The van der Waals surface area contributed by atoms with Crippen LogP contribution in [-0.4, -0.2) is 48.5 Å². The number of hydrogen-bond acceptors (Lipinski definition) is 5. The van der Waals surface area contributed by atoms with Crippen LogP contribution in [0.3, 0.4) is 0 Å². The van der Waals surface area contributed by atoms with Crippen LogP contribution >= 0.6 is 0 Å². The summed E-state index contributed by atoms with van der Waals surface area (Å²) in [7, 11) is 1.39. The highest BCUT2D eigenvalue weighted by molar-refractivity contribution is 5.96. The molecule has 1 aliphatic carbocycles. The maximum absolute atomic E-state index is 13.2. The smallest absolute Gasteiger partial charge is 0.313 e. The van der Waals surface area contributed by atoms with Gasteiger partial charge in [0, 0.05) is 18.5 Å². The van der Waals surface area contributed by atoms with Crippen molar-refractivity contribution in [1.82, 2.24) is 4.90 Å². The fourth-order valence-corrected chi connectivity index (χ4v) is 4.46. The number of methoxy groups -OCH3 is 1. The van der Waals surface area contributed by atoms with Crippen molar-refractivity contribution in [2.75, 3.05) is 20.2 Å². The van der Waals surface area contributed by atoms with Crippen molar-refractivity contribution in [1.29, 1.82) is 0 Å². The van der Waals surface area contributed by atoms with E-state index in [0.29, 0.717) is 38.8 Å². The molecule has 2 heterocycles. The molecule has 0 aromatic carbocycles. The third-order valence-electron chi connectivity index (χ3n) is 6.75. The highest BCUT2D eigenvalue weighted by Crippen LogP contribution is 2.66. The van der Waals surface area contributed by atoms with Gasteiger partial charge in [-0.2, -0.15) is 0 Å². The van der Waals surface area contributed by atoms with Crippen molar-refractivity contribution in [2.24, 2.45) is 16.7 Å². The van der Waals surface area contributed by atoms with Crippen LogP contribution in [0.1, 0.15) is 46.5 Å². The normalized spacial score (nSPS) is 36.0. The summed E-state index contributed by atoms with van der Waals surface area (Å²) in [6, 6.07) is 0. The van der Waals surface area contributed by atoms with Crippen LogP contribution in [0.25, 0.3) is 0 Å². The van der Waals surface area contributed by atoms with Crippen molar-refractivity contribution in [3.05, 3.63) is 0 Å². The summed E-state index contributed by atoms with van der Waals surface area (Å²) in [5.41, 5.74) is -2.16. The first-order chi connectivity index (χ1) is 10.7. The lowest BCUT2D eigenvalue weighted by molar-refractivity contribution is -0.175. The molecule has 2 saturated heterocycles. The molecule has 0 N–H and O–H groups in total. The SMILES string of the molecule is COC(=O)C1CCN(C(=O)[C@@]23CC[C@](C)(C(=O)O2)C3(C)C)CC1. The summed E-state index contributed by atoms with van der Waals surface area (Å²) in [6.45, 7) is 6.84. The van der Waals surface area contributed by atoms with Crippen LogP contribution in [0.15, 0.2) is 0 Å². The van der Waals surface area contributed by atoms with Crippen molar-refractivity contribution in [2.45, 2.75) is 52.1 Å². The summed E-state index contributed by atoms with van der Waals surface area (Å²) < 4.78 is 10.4. The first kappa shape index (κ1) is 16.3. The standard InChI is InChI=1S/C17H25NO5/c1-15(2)16(3)7-8-17(15,23-14(16)21)13(20)18-9-5-11(6-10-18)12(19)22-4/h11H,5-10H2,1-4H3/t16-,17-/m1/s1. The van der Waals surface area contributed by atoms with Gasteiger partial charge in [-0.05, 0) is 32.6 Å². The molecule has 6 heteroatoms. The Labute approximate surface area is 136 Å². The molecule has 2 bridgehead atoms. The summed E-state index contributed by atoms with van der Waals surface area (Å²) in [5, 5.41) is 0. The van der Waals surface area contributed by atoms with E-state index in [0.717, 1.165) is 0 Å². The third-order valence-corrected chi connectivity index (χ3v) is 6.75. The molecule has 6 nitrogen and oxygen atoms in total. The van der Waals surface area contributed by atoms with Gasteiger partial charge in [-0.25, -0.2) is 0 Å². The highest BCUT2D eigenvalue weighted by atomic mass is 16.6. The van der Waals surface area contributed by atoms with Crippen LogP contribution in [-0.2, 0) is 23.9 Å².